The Bertz CT molecular complexity index is 228. The average Bonchev–Trinajstić information content (AvgIpc) is 2.62. The predicted octanol–water partition coefficient (Wildman–Crippen LogP) is 4.23. The normalized spacial score (nSPS) is 43.2. The maximum atomic E-state index is 3.96. The van der Waals surface area contributed by atoms with Crippen LogP contribution in [0.15, 0.2) is 0 Å². The van der Waals surface area contributed by atoms with E-state index in [0.29, 0.717) is 0 Å². The Labute approximate surface area is 108 Å². The van der Waals surface area contributed by atoms with Crippen LogP contribution in [0.4, 0.5) is 0 Å². The van der Waals surface area contributed by atoms with E-state index in [1.165, 1.54) is 38.5 Å². The molecule has 2 saturated carbocycles. The van der Waals surface area contributed by atoms with Gasteiger partial charge in [0, 0.05) is 12.1 Å². The largest absolute Gasteiger partial charge is 0.311 e. The van der Waals surface area contributed by atoms with Gasteiger partial charge >= 0.3 is 0 Å². The highest BCUT2D eigenvalue weighted by atomic mass is 15.0. The smallest absolute Gasteiger partial charge is 0.00979 e. The fraction of sp³-hybridized carbons (Fsp3) is 1.00. The van der Waals surface area contributed by atoms with Gasteiger partial charge in [0.05, 0.1) is 0 Å². The number of rotatable bonds is 3. The summed E-state index contributed by atoms with van der Waals surface area (Å²) in [5, 5.41) is 3.96. The molecule has 0 aromatic rings. The molecule has 1 heteroatoms. The SMILES string of the molecule is CC(C)C1CCC(NC2CCC(C)C2C)CC1. The molecule has 100 valence electrons. The van der Waals surface area contributed by atoms with Crippen molar-refractivity contribution in [2.45, 2.75) is 78.3 Å². The highest BCUT2D eigenvalue weighted by Crippen LogP contribution is 2.34. The summed E-state index contributed by atoms with van der Waals surface area (Å²) in [6, 6.07) is 1.63. The highest BCUT2D eigenvalue weighted by Gasteiger charge is 2.32. The zero-order valence-electron chi connectivity index (χ0n) is 12.2. The third-order valence-electron chi connectivity index (χ3n) is 5.63. The molecular weight excluding hydrogens is 206 g/mol. The van der Waals surface area contributed by atoms with E-state index < -0.39 is 0 Å². The van der Waals surface area contributed by atoms with Gasteiger partial charge in [-0.2, -0.15) is 0 Å². The molecule has 2 aliphatic carbocycles. The summed E-state index contributed by atoms with van der Waals surface area (Å²) in [6.07, 6.45) is 8.57. The lowest BCUT2D eigenvalue weighted by Crippen LogP contribution is -2.42. The minimum Gasteiger partial charge on any atom is -0.311 e. The van der Waals surface area contributed by atoms with E-state index in [1.54, 1.807) is 0 Å². The maximum Gasteiger partial charge on any atom is 0.00979 e. The monoisotopic (exact) mass is 237 g/mol. The van der Waals surface area contributed by atoms with Gasteiger partial charge < -0.3 is 5.32 Å². The van der Waals surface area contributed by atoms with Crippen molar-refractivity contribution in [2.75, 3.05) is 0 Å². The van der Waals surface area contributed by atoms with Crippen LogP contribution in [0.3, 0.4) is 0 Å². The van der Waals surface area contributed by atoms with E-state index in [4.69, 9.17) is 0 Å². The van der Waals surface area contributed by atoms with Crippen LogP contribution in [0.25, 0.3) is 0 Å². The molecule has 3 unspecified atom stereocenters. The fourth-order valence-electron chi connectivity index (χ4n) is 3.86. The average molecular weight is 237 g/mol. The molecule has 0 bridgehead atoms. The summed E-state index contributed by atoms with van der Waals surface area (Å²) >= 11 is 0. The van der Waals surface area contributed by atoms with Gasteiger partial charge in [-0.15, -0.1) is 0 Å². The summed E-state index contributed by atoms with van der Waals surface area (Å²) in [6.45, 7) is 9.63. The Hall–Kier alpha value is -0.0400. The van der Waals surface area contributed by atoms with Gasteiger partial charge in [0.1, 0.15) is 0 Å². The van der Waals surface area contributed by atoms with Crippen molar-refractivity contribution in [3.63, 3.8) is 0 Å². The van der Waals surface area contributed by atoms with Crippen molar-refractivity contribution in [3.05, 3.63) is 0 Å². The summed E-state index contributed by atoms with van der Waals surface area (Å²) in [7, 11) is 0. The first-order valence-electron chi connectivity index (χ1n) is 7.84. The van der Waals surface area contributed by atoms with Crippen LogP contribution in [0, 0.1) is 23.7 Å². The van der Waals surface area contributed by atoms with Crippen LogP contribution in [-0.2, 0) is 0 Å². The standard InChI is InChI=1S/C16H31N/c1-11(2)14-6-8-15(9-7-14)17-16-10-5-12(3)13(16)4/h11-17H,5-10H2,1-4H3. The third kappa shape index (κ3) is 3.24. The van der Waals surface area contributed by atoms with Crippen molar-refractivity contribution in [2.24, 2.45) is 23.7 Å². The predicted molar refractivity (Wildman–Crippen MR) is 75.1 cm³/mol. The Kier molecular flexibility index (Phi) is 4.52. The van der Waals surface area contributed by atoms with E-state index >= 15 is 0 Å². The lowest BCUT2D eigenvalue weighted by Gasteiger charge is -2.34. The second kappa shape index (κ2) is 5.73. The molecule has 0 aromatic carbocycles. The van der Waals surface area contributed by atoms with Gasteiger partial charge in [0.15, 0.2) is 0 Å². The van der Waals surface area contributed by atoms with Gasteiger partial charge in [-0.1, -0.05) is 27.7 Å². The lowest BCUT2D eigenvalue weighted by atomic mass is 9.79. The van der Waals surface area contributed by atoms with Crippen LogP contribution in [0.1, 0.15) is 66.2 Å². The Balaban J connectivity index is 1.75. The molecule has 2 rings (SSSR count). The zero-order valence-corrected chi connectivity index (χ0v) is 12.2. The minimum absolute atomic E-state index is 0.811. The summed E-state index contributed by atoms with van der Waals surface area (Å²) in [4.78, 5) is 0. The lowest BCUT2D eigenvalue weighted by molar-refractivity contribution is 0.217. The van der Waals surface area contributed by atoms with Gasteiger partial charge in [0.25, 0.3) is 0 Å². The summed E-state index contributed by atoms with van der Waals surface area (Å²) in [5.41, 5.74) is 0. The Morgan fingerprint density at radius 3 is 2.00 bits per heavy atom. The van der Waals surface area contributed by atoms with Crippen LogP contribution in [0.2, 0.25) is 0 Å². The molecule has 1 N–H and O–H groups in total. The van der Waals surface area contributed by atoms with Gasteiger partial charge in [-0.3, -0.25) is 0 Å². The molecule has 0 heterocycles. The molecule has 0 spiro atoms. The Morgan fingerprint density at radius 2 is 1.53 bits per heavy atom. The van der Waals surface area contributed by atoms with E-state index in [0.717, 1.165) is 35.8 Å². The molecular formula is C16H31N. The van der Waals surface area contributed by atoms with Crippen molar-refractivity contribution < 1.29 is 0 Å². The third-order valence-corrected chi connectivity index (χ3v) is 5.63. The van der Waals surface area contributed by atoms with E-state index in [2.05, 4.69) is 33.0 Å². The summed E-state index contributed by atoms with van der Waals surface area (Å²) < 4.78 is 0. The quantitative estimate of drug-likeness (QED) is 0.774. The number of hydrogen-bond donors (Lipinski definition) is 1. The van der Waals surface area contributed by atoms with E-state index in [1.807, 2.05) is 0 Å². The van der Waals surface area contributed by atoms with Crippen molar-refractivity contribution >= 4 is 0 Å². The van der Waals surface area contributed by atoms with Crippen LogP contribution < -0.4 is 5.32 Å². The molecule has 1 nitrogen and oxygen atoms in total. The van der Waals surface area contributed by atoms with Gasteiger partial charge in [0.2, 0.25) is 0 Å². The van der Waals surface area contributed by atoms with Crippen molar-refractivity contribution in [1.82, 2.24) is 5.32 Å². The Morgan fingerprint density at radius 1 is 0.882 bits per heavy atom. The molecule has 3 atom stereocenters. The zero-order chi connectivity index (χ0) is 12.4. The first-order chi connectivity index (χ1) is 8.08. The number of nitrogens with one attached hydrogen (secondary N) is 1. The molecule has 2 fully saturated rings. The number of hydrogen-bond acceptors (Lipinski definition) is 1. The van der Waals surface area contributed by atoms with Gasteiger partial charge in [-0.05, 0) is 62.2 Å². The van der Waals surface area contributed by atoms with Crippen molar-refractivity contribution in [3.8, 4) is 0 Å². The highest BCUT2D eigenvalue weighted by molar-refractivity contribution is 4.89. The molecule has 0 aromatic heterocycles. The second-order valence-corrected chi connectivity index (χ2v) is 7.04. The van der Waals surface area contributed by atoms with Crippen LogP contribution in [-0.4, -0.2) is 12.1 Å². The van der Waals surface area contributed by atoms with E-state index in [9.17, 15) is 0 Å². The molecule has 0 radical (unpaired) electrons. The van der Waals surface area contributed by atoms with Crippen molar-refractivity contribution in [1.29, 1.82) is 0 Å². The molecule has 0 amide bonds. The second-order valence-electron chi connectivity index (χ2n) is 7.04. The van der Waals surface area contributed by atoms with Crippen LogP contribution >= 0.6 is 0 Å². The summed E-state index contributed by atoms with van der Waals surface area (Å²) in [5.74, 6) is 3.70. The fourth-order valence-corrected chi connectivity index (χ4v) is 3.86. The first kappa shape index (κ1) is 13.4. The molecule has 0 aliphatic heterocycles. The van der Waals surface area contributed by atoms with E-state index in [-0.39, 0.29) is 0 Å². The maximum absolute atomic E-state index is 3.96. The minimum atomic E-state index is 0.811. The topological polar surface area (TPSA) is 12.0 Å². The van der Waals surface area contributed by atoms with Gasteiger partial charge in [-0.25, -0.2) is 0 Å². The first-order valence-corrected chi connectivity index (χ1v) is 7.84. The molecule has 2 aliphatic rings. The molecule has 17 heavy (non-hydrogen) atoms. The molecule has 0 saturated heterocycles. The van der Waals surface area contributed by atoms with Crippen LogP contribution in [0.5, 0.6) is 0 Å².